The van der Waals surface area contributed by atoms with Gasteiger partial charge in [-0.05, 0) is 57.1 Å². The van der Waals surface area contributed by atoms with E-state index in [0.717, 1.165) is 48.5 Å². The molecule has 2 aliphatic carbocycles. The summed E-state index contributed by atoms with van der Waals surface area (Å²) < 4.78 is 12.3. The molecule has 3 aliphatic rings. The zero-order valence-electron chi connectivity index (χ0n) is 12.2. The molecule has 2 fully saturated rings. The van der Waals surface area contributed by atoms with Crippen LogP contribution >= 0.6 is 0 Å². The van der Waals surface area contributed by atoms with E-state index in [4.69, 9.17) is 9.47 Å². The van der Waals surface area contributed by atoms with E-state index in [1.54, 1.807) is 0 Å². The Morgan fingerprint density at radius 1 is 1.19 bits per heavy atom. The van der Waals surface area contributed by atoms with Crippen LogP contribution in [0.25, 0.3) is 0 Å². The third kappa shape index (κ3) is 2.27. The van der Waals surface area contributed by atoms with Crippen LogP contribution in [-0.4, -0.2) is 22.6 Å². The van der Waals surface area contributed by atoms with Gasteiger partial charge in [-0.2, -0.15) is 0 Å². The van der Waals surface area contributed by atoms with Crippen molar-refractivity contribution in [1.82, 2.24) is 0 Å². The quantitative estimate of drug-likeness (QED) is 0.663. The molecule has 112 valence electrons. The molecule has 0 radical (unpaired) electrons. The summed E-state index contributed by atoms with van der Waals surface area (Å²) in [5.41, 5.74) is 1.50. The first-order valence-corrected chi connectivity index (χ1v) is 7.99. The maximum absolute atomic E-state index is 9.29. The maximum Gasteiger partial charge on any atom is 0.133 e. The molecular formula is C17H21NO3. The van der Waals surface area contributed by atoms with Crippen molar-refractivity contribution in [2.75, 3.05) is 0 Å². The Morgan fingerprint density at radius 3 is 2.67 bits per heavy atom. The van der Waals surface area contributed by atoms with Gasteiger partial charge in [0.25, 0.3) is 0 Å². The number of benzene rings is 1. The fraction of sp³-hybridized carbons (Fsp3) is 0.588. The van der Waals surface area contributed by atoms with E-state index in [1.165, 1.54) is 19.3 Å². The highest BCUT2D eigenvalue weighted by Crippen LogP contribution is 2.46. The van der Waals surface area contributed by atoms with E-state index in [0.29, 0.717) is 12.5 Å². The molecule has 1 aliphatic heterocycles. The van der Waals surface area contributed by atoms with Crippen molar-refractivity contribution in [1.29, 1.82) is 0 Å². The number of oxime groups is 1. The minimum Gasteiger partial charge on any atom is -0.490 e. The first-order chi connectivity index (χ1) is 10.3. The third-order valence-electron chi connectivity index (χ3n) is 5.07. The summed E-state index contributed by atoms with van der Waals surface area (Å²) >= 11 is 0. The molecule has 0 bridgehead atoms. The Bertz CT molecular complexity index is 571. The lowest BCUT2D eigenvalue weighted by Gasteiger charge is -2.45. The summed E-state index contributed by atoms with van der Waals surface area (Å²) in [6.07, 6.45) is 9.13. The minimum absolute atomic E-state index is 0.138. The van der Waals surface area contributed by atoms with Crippen LogP contribution in [-0.2, 0) is 0 Å². The zero-order chi connectivity index (χ0) is 14.3. The summed E-state index contributed by atoms with van der Waals surface area (Å²) in [6.45, 7) is 0. The van der Waals surface area contributed by atoms with Crippen LogP contribution < -0.4 is 9.47 Å². The fourth-order valence-corrected chi connectivity index (χ4v) is 3.71. The zero-order valence-corrected chi connectivity index (χ0v) is 12.2. The molecule has 4 nitrogen and oxygen atoms in total. The van der Waals surface area contributed by atoms with Crippen molar-refractivity contribution in [3.05, 3.63) is 23.8 Å². The summed E-state index contributed by atoms with van der Waals surface area (Å²) in [7, 11) is 0. The minimum atomic E-state index is -0.138. The highest BCUT2D eigenvalue weighted by molar-refractivity contribution is 6.04. The predicted molar refractivity (Wildman–Crippen MR) is 79.5 cm³/mol. The largest absolute Gasteiger partial charge is 0.490 e. The summed E-state index contributed by atoms with van der Waals surface area (Å²) in [6, 6.07) is 5.89. The van der Waals surface area contributed by atoms with E-state index in [-0.39, 0.29) is 5.60 Å². The molecule has 0 atom stereocenters. The monoisotopic (exact) mass is 287 g/mol. The van der Waals surface area contributed by atoms with Gasteiger partial charge in [-0.15, -0.1) is 0 Å². The van der Waals surface area contributed by atoms with Crippen LogP contribution in [0.4, 0.5) is 0 Å². The predicted octanol–water partition coefficient (Wildman–Crippen LogP) is 3.89. The first kappa shape index (κ1) is 13.0. The number of rotatable bonds is 2. The van der Waals surface area contributed by atoms with Crippen LogP contribution in [0, 0.1) is 0 Å². The molecule has 1 heterocycles. The fourth-order valence-electron chi connectivity index (χ4n) is 3.71. The van der Waals surface area contributed by atoms with Crippen molar-refractivity contribution < 1.29 is 14.7 Å². The summed E-state index contributed by atoms with van der Waals surface area (Å²) in [5.74, 6) is 1.68. The van der Waals surface area contributed by atoms with Crippen molar-refractivity contribution in [3.8, 4) is 11.5 Å². The van der Waals surface area contributed by atoms with Gasteiger partial charge >= 0.3 is 0 Å². The van der Waals surface area contributed by atoms with Crippen LogP contribution in [0.15, 0.2) is 23.4 Å². The number of ether oxygens (including phenoxy) is 2. The molecule has 0 aromatic heterocycles. The standard InChI is InChI=1S/C17H21NO3/c19-18-15-11-17(8-3-9-17)21-16-10-13(6-7-14(15)16)20-12-4-1-2-5-12/h6-7,10,12,19H,1-5,8-9,11H2. The maximum atomic E-state index is 9.29. The van der Waals surface area contributed by atoms with Gasteiger partial charge in [-0.25, -0.2) is 0 Å². The van der Waals surface area contributed by atoms with Crippen LogP contribution in [0.3, 0.4) is 0 Å². The average molecular weight is 287 g/mol. The van der Waals surface area contributed by atoms with Crippen molar-refractivity contribution in [2.45, 2.75) is 63.1 Å². The van der Waals surface area contributed by atoms with Gasteiger partial charge in [-0.3, -0.25) is 0 Å². The second-order valence-electron chi connectivity index (χ2n) is 6.54. The van der Waals surface area contributed by atoms with Crippen LogP contribution in [0.5, 0.6) is 11.5 Å². The highest BCUT2D eigenvalue weighted by Gasteiger charge is 2.44. The van der Waals surface area contributed by atoms with Gasteiger partial charge in [0.2, 0.25) is 0 Å². The van der Waals surface area contributed by atoms with E-state index in [1.807, 2.05) is 18.2 Å². The third-order valence-corrected chi connectivity index (χ3v) is 5.07. The lowest BCUT2D eigenvalue weighted by Crippen LogP contribution is -2.47. The molecule has 2 saturated carbocycles. The van der Waals surface area contributed by atoms with Gasteiger partial charge in [0.1, 0.15) is 17.1 Å². The summed E-state index contributed by atoms with van der Waals surface area (Å²) in [5, 5.41) is 12.8. The Labute approximate surface area is 124 Å². The average Bonchev–Trinajstić information content (AvgIpc) is 2.97. The van der Waals surface area contributed by atoms with Gasteiger partial charge in [0, 0.05) is 18.1 Å². The Hall–Kier alpha value is -1.71. The normalized spacial score (nSPS) is 25.4. The molecule has 0 unspecified atom stereocenters. The molecule has 0 saturated heterocycles. The van der Waals surface area contributed by atoms with Crippen LogP contribution in [0.1, 0.15) is 56.9 Å². The molecule has 1 spiro atoms. The molecule has 1 N–H and O–H groups in total. The molecule has 21 heavy (non-hydrogen) atoms. The highest BCUT2D eigenvalue weighted by atomic mass is 16.5. The van der Waals surface area contributed by atoms with Crippen molar-refractivity contribution in [3.63, 3.8) is 0 Å². The molecular weight excluding hydrogens is 266 g/mol. The second kappa shape index (κ2) is 4.93. The van der Waals surface area contributed by atoms with E-state index >= 15 is 0 Å². The Kier molecular flexibility index (Phi) is 3.05. The summed E-state index contributed by atoms with van der Waals surface area (Å²) in [4.78, 5) is 0. The topological polar surface area (TPSA) is 51.1 Å². The van der Waals surface area contributed by atoms with Gasteiger partial charge in [-0.1, -0.05) is 5.16 Å². The number of nitrogens with zero attached hydrogens (tertiary/aromatic N) is 1. The Morgan fingerprint density at radius 2 is 2.00 bits per heavy atom. The lowest BCUT2D eigenvalue weighted by atomic mass is 9.74. The van der Waals surface area contributed by atoms with Gasteiger partial charge < -0.3 is 14.7 Å². The number of hydrogen-bond donors (Lipinski definition) is 1. The van der Waals surface area contributed by atoms with E-state index in [9.17, 15) is 5.21 Å². The first-order valence-electron chi connectivity index (χ1n) is 7.99. The SMILES string of the molecule is ON=C1CC2(CCC2)Oc2cc(OC3CCCC3)ccc21. The smallest absolute Gasteiger partial charge is 0.133 e. The molecule has 1 aromatic rings. The molecule has 4 rings (SSSR count). The Balaban J connectivity index is 1.62. The molecule has 0 amide bonds. The number of fused-ring (bicyclic) bond motifs is 1. The van der Waals surface area contributed by atoms with Crippen LogP contribution in [0.2, 0.25) is 0 Å². The van der Waals surface area contributed by atoms with Gasteiger partial charge in [0.05, 0.1) is 11.8 Å². The molecule has 1 aromatic carbocycles. The van der Waals surface area contributed by atoms with E-state index < -0.39 is 0 Å². The van der Waals surface area contributed by atoms with E-state index in [2.05, 4.69) is 5.16 Å². The van der Waals surface area contributed by atoms with Gasteiger partial charge in [0.15, 0.2) is 0 Å². The van der Waals surface area contributed by atoms with Crippen molar-refractivity contribution in [2.24, 2.45) is 5.16 Å². The van der Waals surface area contributed by atoms with Crippen molar-refractivity contribution >= 4 is 5.71 Å². The second-order valence-corrected chi connectivity index (χ2v) is 6.54. The number of hydrogen-bond acceptors (Lipinski definition) is 4. The molecule has 4 heteroatoms. The lowest BCUT2D eigenvalue weighted by molar-refractivity contribution is -0.00570.